The molecule has 0 aliphatic carbocycles. The predicted molar refractivity (Wildman–Crippen MR) is 53.7 cm³/mol. The SMILES string of the molecule is NCC1(NC(=O)O)CCOC1.O=C(O)C(=O)O. The molecule has 98 valence electrons. The Balaban J connectivity index is 0.000000366. The van der Waals surface area contributed by atoms with E-state index in [9.17, 15) is 4.79 Å². The van der Waals surface area contributed by atoms with Gasteiger partial charge in [0.1, 0.15) is 0 Å². The summed E-state index contributed by atoms with van der Waals surface area (Å²) in [6, 6.07) is 0. The van der Waals surface area contributed by atoms with Crippen molar-refractivity contribution in [3.8, 4) is 0 Å². The summed E-state index contributed by atoms with van der Waals surface area (Å²) in [7, 11) is 0. The number of hydrogen-bond acceptors (Lipinski definition) is 5. The molecule has 1 amide bonds. The zero-order valence-electron chi connectivity index (χ0n) is 8.88. The number of carboxylic acid groups (broad SMARTS) is 3. The molecule has 0 bridgehead atoms. The maximum absolute atomic E-state index is 10.3. The molecule has 9 heteroatoms. The zero-order chi connectivity index (χ0) is 13.5. The molecule has 1 saturated heterocycles. The number of hydrogen-bond donors (Lipinski definition) is 5. The Morgan fingerprint density at radius 3 is 2.00 bits per heavy atom. The highest BCUT2D eigenvalue weighted by Crippen LogP contribution is 2.16. The van der Waals surface area contributed by atoms with Gasteiger partial charge in [-0.05, 0) is 6.42 Å². The minimum atomic E-state index is -1.82. The van der Waals surface area contributed by atoms with Crippen LogP contribution in [0.4, 0.5) is 4.79 Å². The van der Waals surface area contributed by atoms with Gasteiger partial charge in [0, 0.05) is 13.2 Å². The van der Waals surface area contributed by atoms with E-state index in [1.54, 1.807) is 0 Å². The Kier molecular flexibility index (Phi) is 5.92. The lowest BCUT2D eigenvalue weighted by Gasteiger charge is -2.24. The number of rotatable bonds is 2. The summed E-state index contributed by atoms with van der Waals surface area (Å²) in [5, 5.41) is 25.6. The molecule has 1 fully saturated rings. The summed E-state index contributed by atoms with van der Waals surface area (Å²) in [4.78, 5) is 28.5. The molecule has 9 nitrogen and oxygen atoms in total. The van der Waals surface area contributed by atoms with Gasteiger partial charge in [-0.2, -0.15) is 0 Å². The van der Waals surface area contributed by atoms with Crippen molar-refractivity contribution < 1.29 is 34.4 Å². The number of nitrogens with one attached hydrogen (secondary N) is 1. The van der Waals surface area contributed by atoms with Crippen LogP contribution >= 0.6 is 0 Å². The van der Waals surface area contributed by atoms with E-state index < -0.39 is 23.6 Å². The summed E-state index contributed by atoms with van der Waals surface area (Å²) < 4.78 is 5.05. The van der Waals surface area contributed by atoms with Crippen molar-refractivity contribution in [3.05, 3.63) is 0 Å². The van der Waals surface area contributed by atoms with Crippen molar-refractivity contribution in [3.63, 3.8) is 0 Å². The highest BCUT2D eigenvalue weighted by Gasteiger charge is 2.34. The molecule has 1 heterocycles. The standard InChI is InChI=1S/C6H12N2O3.C2H2O4/c7-3-6(8-5(9)10)1-2-11-4-6;3-1(4)2(5)6/h8H,1-4,7H2,(H,9,10);(H,3,4)(H,5,6). The molecular weight excluding hydrogens is 236 g/mol. The van der Waals surface area contributed by atoms with E-state index in [0.717, 1.165) is 0 Å². The summed E-state index contributed by atoms with van der Waals surface area (Å²) in [5.74, 6) is -3.65. The predicted octanol–water partition coefficient (Wildman–Crippen LogP) is -1.47. The fraction of sp³-hybridized carbons (Fsp3) is 0.625. The molecule has 0 aromatic heterocycles. The van der Waals surface area contributed by atoms with Crippen molar-refractivity contribution >= 4 is 18.0 Å². The van der Waals surface area contributed by atoms with Crippen molar-refractivity contribution in [1.82, 2.24) is 5.32 Å². The summed E-state index contributed by atoms with van der Waals surface area (Å²) >= 11 is 0. The molecule has 0 spiro atoms. The van der Waals surface area contributed by atoms with Gasteiger partial charge in [0.2, 0.25) is 0 Å². The third kappa shape index (κ3) is 5.68. The van der Waals surface area contributed by atoms with Crippen LogP contribution < -0.4 is 11.1 Å². The van der Waals surface area contributed by atoms with Crippen molar-refractivity contribution in [2.24, 2.45) is 5.73 Å². The number of carboxylic acids is 2. The number of amides is 1. The van der Waals surface area contributed by atoms with Gasteiger partial charge in [0.05, 0.1) is 12.1 Å². The molecule has 0 saturated carbocycles. The summed E-state index contributed by atoms with van der Waals surface area (Å²) in [5.41, 5.74) is 4.88. The second-order valence-corrected chi connectivity index (χ2v) is 3.33. The van der Waals surface area contributed by atoms with Crippen LogP contribution in [-0.4, -0.2) is 58.6 Å². The lowest BCUT2D eigenvalue weighted by molar-refractivity contribution is -0.159. The van der Waals surface area contributed by atoms with Crippen LogP contribution in [0.1, 0.15) is 6.42 Å². The van der Waals surface area contributed by atoms with E-state index in [-0.39, 0.29) is 0 Å². The normalized spacial score (nSPS) is 22.2. The smallest absolute Gasteiger partial charge is 0.414 e. The van der Waals surface area contributed by atoms with Gasteiger partial charge in [-0.1, -0.05) is 0 Å². The molecule has 1 atom stereocenters. The minimum Gasteiger partial charge on any atom is -0.473 e. The number of carbonyl (C=O) groups is 3. The van der Waals surface area contributed by atoms with Crippen LogP contribution in [0.15, 0.2) is 0 Å². The highest BCUT2D eigenvalue weighted by atomic mass is 16.5. The average Bonchev–Trinajstić information content (AvgIpc) is 2.67. The molecule has 1 aliphatic heterocycles. The van der Waals surface area contributed by atoms with E-state index >= 15 is 0 Å². The van der Waals surface area contributed by atoms with Crippen LogP contribution in [0.3, 0.4) is 0 Å². The van der Waals surface area contributed by atoms with E-state index in [0.29, 0.717) is 26.2 Å². The van der Waals surface area contributed by atoms with Crippen LogP contribution in [-0.2, 0) is 14.3 Å². The van der Waals surface area contributed by atoms with Crippen LogP contribution in [0.5, 0.6) is 0 Å². The molecule has 1 unspecified atom stereocenters. The fourth-order valence-electron chi connectivity index (χ4n) is 1.14. The van der Waals surface area contributed by atoms with E-state index in [1.807, 2.05) is 0 Å². The maximum atomic E-state index is 10.3. The zero-order valence-corrected chi connectivity index (χ0v) is 8.88. The topological polar surface area (TPSA) is 159 Å². The van der Waals surface area contributed by atoms with Crippen LogP contribution in [0.25, 0.3) is 0 Å². The van der Waals surface area contributed by atoms with Crippen LogP contribution in [0.2, 0.25) is 0 Å². The monoisotopic (exact) mass is 250 g/mol. The first-order valence-electron chi connectivity index (χ1n) is 4.58. The highest BCUT2D eigenvalue weighted by molar-refractivity contribution is 6.27. The molecule has 0 aromatic carbocycles. The molecule has 1 rings (SSSR count). The second-order valence-electron chi connectivity index (χ2n) is 3.33. The number of aliphatic carboxylic acids is 2. The van der Waals surface area contributed by atoms with Gasteiger partial charge < -0.3 is 31.1 Å². The Hall–Kier alpha value is -1.87. The molecule has 0 radical (unpaired) electrons. The molecule has 17 heavy (non-hydrogen) atoms. The molecule has 0 aromatic rings. The Labute approximate surface area is 96.2 Å². The Morgan fingerprint density at radius 1 is 1.24 bits per heavy atom. The van der Waals surface area contributed by atoms with Crippen molar-refractivity contribution in [2.75, 3.05) is 19.8 Å². The number of nitrogens with two attached hydrogens (primary N) is 1. The van der Waals surface area contributed by atoms with E-state index in [2.05, 4.69) is 5.32 Å². The lowest BCUT2D eigenvalue weighted by atomic mass is 10.00. The van der Waals surface area contributed by atoms with Gasteiger partial charge in [-0.15, -0.1) is 0 Å². The van der Waals surface area contributed by atoms with Gasteiger partial charge in [0.25, 0.3) is 0 Å². The molecular formula is C8H14N2O7. The van der Waals surface area contributed by atoms with Crippen molar-refractivity contribution in [2.45, 2.75) is 12.0 Å². The van der Waals surface area contributed by atoms with E-state index in [4.69, 9.17) is 35.4 Å². The lowest BCUT2D eigenvalue weighted by Crippen LogP contribution is -2.53. The van der Waals surface area contributed by atoms with Crippen LogP contribution in [0, 0.1) is 0 Å². The Morgan fingerprint density at radius 2 is 1.76 bits per heavy atom. The largest absolute Gasteiger partial charge is 0.473 e. The minimum absolute atomic E-state index is 0.291. The Bertz CT molecular complexity index is 286. The van der Waals surface area contributed by atoms with Gasteiger partial charge in [0.15, 0.2) is 0 Å². The molecule has 6 N–H and O–H groups in total. The second kappa shape index (κ2) is 6.66. The average molecular weight is 250 g/mol. The van der Waals surface area contributed by atoms with Gasteiger partial charge in [-0.3, -0.25) is 0 Å². The first kappa shape index (κ1) is 15.1. The third-order valence-corrected chi connectivity index (χ3v) is 2.05. The van der Waals surface area contributed by atoms with Gasteiger partial charge in [-0.25, -0.2) is 14.4 Å². The summed E-state index contributed by atoms with van der Waals surface area (Å²) in [6.07, 6.45) is -0.378. The first-order valence-corrected chi connectivity index (χ1v) is 4.58. The summed E-state index contributed by atoms with van der Waals surface area (Å²) in [6.45, 7) is 1.26. The van der Waals surface area contributed by atoms with Crippen molar-refractivity contribution in [1.29, 1.82) is 0 Å². The van der Waals surface area contributed by atoms with E-state index in [1.165, 1.54) is 0 Å². The first-order chi connectivity index (χ1) is 7.83. The molecule has 1 aliphatic rings. The maximum Gasteiger partial charge on any atom is 0.414 e. The third-order valence-electron chi connectivity index (χ3n) is 2.05. The number of ether oxygens (including phenoxy) is 1. The fourth-order valence-corrected chi connectivity index (χ4v) is 1.14. The quantitative estimate of drug-likeness (QED) is 0.371. The van der Waals surface area contributed by atoms with Gasteiger partial charge >= 0.3 is 18.0 Å².